The molecule has 1 aliphatic rings. The lowest BCUT2D eigenvalue weighted by atomic mass is 10.1. The Morgan fingerprint density at radius 2 is 1.85 bits per heavy atom. The second kappa shape index (κ2) is 12.3. The topological polar surface area (TPSA) is 80.5 Å². The summed E-state index contributed by atoms with van der Waals surface area (Å²) in [5, 5.41) is 5.60. The molecule has 1 aliphatic heterocycles. The van der Waals surface area contributed by atoms with Gasteiger partial charge in [-0.2, -0.15) is 0 Å². The first-order chi connectivity index (χ1) is 12.2. The van der Waals surface area contributed by atoms with Gasteiger partial charge in [0.25, 0.3) is 5.91 Å². The van der Waals surface area contributed by atoms with E-state index in [1.54, 1.807) is 5.38 Å². The number of carbonyl (C=O) groups excluding carboxylic acids is 1. The Bertz CT molecular complexity index is 691. The summed E-state index contributed by atoms with van der Waals surface area (Å²) in [5.41, 5.74) is 8.34. The van der Waals surface area contributed by atoms with Gasteiger partial charge in [-0.25, -0.2) is 4.98 Å². The number of hydrogen-bond donors (Lipinski definition) is 2. The van der Waals surface area contributed by atoms with Crippen molar-refractivity contribution in [2.24, 2.45) is 5.73 Å². The number of morpholine rings is 1. The molecule has 9 heteroatoms. The summed E-state index contributed by atoms with van der Waals surface area (Å²) < 4.78 is 5.37. The van der Waals surface area contributed by atoms with Crippen molar-refractivity contribution in [2.75, 3.05) is 32.8 Å². The second-order valence-corrected chi connectivity index (χ2v) is 7.00. The molecule has 2 heterocycles. The first-order valence-corrected chi connectivity index (χ1v) is 9.43. The van der Waals surface area contributed by atoms with Gasteiger partial charge in [-0.15, -0.1) is 36.2 Å². The Balaban J connectivity index is 0.00000182. The number of nitrogens with zero attached hydrogens (tertiary/aromatic N) is 2. The molecular weight excluding hydrogens is 407 g/mol. The lowest BCUT2D eigenvalue weighted by Gasteiger charge is -2.26. The summed E-state index contributed by atoms with van der Waals surface area (Å²) in [6.45, 7) is 5.58. The minimum atomic E-state index is -0.142. The molecule has 1 saturated heterocycles. The van der Waals surface area contributed by atoms with E-state index < -0.39 is 0 Å². The van der Waals surface area contributed by atoms with Crippen LogP contribution < -0.4 is 11.1 Å². The van der Waals surface area contributed by atoms with E-state index >= 15 is 0 Å². The van der Waals surface area contributed by atoms with Crippen LogP contribution in [0.15, 0.2) is 29.6 Å². The van der Waals surface area contributed by atoms with Crippen LogP contribution >= 0.6 is 36.2 Å². The van der Waals surface area contributed by atoms with Crippen molar-refractivity contribution in [3.05, 3.63) is 51.5 Å². The normalized spacial score (nSPS) is 14.1. The summed E-state index contributed by atoms with van der Waals surface area (Å²) in [6.07, 6.45) is 0.711. The molecule has 3 N–H and O–H groups in total. The number of amides is 1. The fourth-order valence-electron chi connectivity index (χ4n) is 2.71. The third-order valence-corrected chi connectivity index (χ3v) is 5.04. The van der Waals surface area contributed by atoms with Crippen LogP contribution in [0.4, 0.5) is 0 Å². The van der Waals surface area contributed by atoms with Gasteiger partial charge in [-0.1, -0.05) is 24.3 Å². The predicted molar refractivity (Wildman–Crippen MR) is 113 cm³/mol. The molecule has 3 rings (SSSR count). The lowest BCUT2D eigenvalue weighted by molar-refractivity contribution is 0.0342. The zero-order valence-electron chi connectivity index (χ0n) is 15.1. The number of rotatable bonds is 7. The second-order valence-electron chi connectivity index (χ2n) is 6.05. The number of thiazole rings is 1. The van der Waals surface area contributed by atoms with E-state index in [4.69, 9.17) is 10.5 Å². The third-order valence-electron chi connectivity index (χ3n) is 4.13. The number of nitrogens with one attached hydrogen (secondary N) is 1. The molecule has 0 atom stereocenters. The van der Waals surface area contributed by atoms with Gasteiger partial charge in [0, 0.05) is 38.0 Å². The standard InChI is InChI=1S/C18H24N4O2S.2ClH/c19-6-5-17-21-16(13-25-17)18(23)20-11-14-1-3-15(4-2-14)12-22-7-9-24-10-8-22;;/h1-4,13H,5-12,19H2,(H,20,23);2*1H. The Morgan fingerprint density at radius 1 is 1.19 bits per heavy atom. The van der Waals surface area contributed by atoms with Gasteiger partial charge in [0.2, 0.25) is 0 Å². The predicted octanol–water partition coefficient (Wildman–Crippen LogP) is 2.25. The molecule has 6 nitrogen and oxygen atoms in total. The van der Waals surface area contributed by atoms with E-state index in [0.29, 0.717) is 25.2 Å². The van der Waals surface area contributed by atoms with E-state index in [9.17, 15) is 4.79 Å². The molecular formula is C18H26Cl2N4O2S. The van der Waals surface area contributed by atoms with E-state index in [1.807, 2.05) is 0 Å². The smallest absolute Gasteiger partial charge is 0.271 e. The molecule has 150 valence electrons. The molecule has 1 aromatic carbocycles. The fourth-order valence-corrected chi connectivity index (χ4v) is 3.50. The molecule has 0 saturated carbocycles. The monoisotopic (exact) mass is 432 g/mol. The van der Waals surface area contributed by atoms with E-state index in [-0.39, 0.29) is 30.7 Å². The fraction of sp³-hybridized carbons (Fsp3) is 0.444. The van der Waals surface area contributed by atoms with Crippen molar-refractivity contribution in [3.8, 4) is 0 Å². The van der Waals surface area contributed by atoms with Crippen LogP contribution in [0, 0.1) is 0 Å². The van der Waals surface area contributed by atoms with Crippen LogP contribution in [0.25, 0.3) is 0 Å². The number of nitrogens with two attached hydrogens (primary N) is 1. The van der Waals surface area contributed by atoms with E-state index in [0.717, 1.165) is 43.4 Å². The highest BCUT2D eigenvalue weighted by molar-refractivity contribution is 7.09. The third kappa shape index (κ3) is 7.37. The van der Waals surface area contributed by atoms with Gasteiger partial charge in [0.1, 0.15) is 5.69 Å². The Kier molecular flexibility index (Phi) is 10.8. The average molecular weight is 433 g/mol. The maximum Gasteiger partial charge on any atom is 0.271 e. The maximum atomic E-state index is 12.1. The molecule has 1 amide bonds. The van der Waals surface area contributed by atoms with E-state index in [2.05, 4.69) is 39.5 Å². The molecule has 2 aromatic rings. The van der Waals surface area contributed by atoms with Gasteiger partial charge in [0.05, 0.1) is 18.2 Å². The van der Waals surface area contributed by atoms with Crippen molar-refractivity contribution < 1.29 is 9.53 Å². The molecule has 1 aromatic heterocycles. The Labute approximate surface area is 176 Å². The molecule has 0 aliphatic carbocycles. The van der Waals surface area contributed by atoms with Crippen molar-refractivity contribution in [3.63, 3.8) is 0 Å². The first-order valence-electron chi connectivity index (χ1n) is 8.55. The summed E-state index contributed by atoms with van der Waals surface area (Å²) in [6, 6.07) is 8.38. The largest absolute Gasteiger partial charge is 0.379 e. The van der Waals surface area contributed by atoms with Crippen molar-refractivity contribution in [1.29, 1.82) is 0 Å². The van der Waals surface area contributed by atoms with Gasteiger partial charge in [0.15, 0.2) is 0 Å². The minimum Gasteiger partial charge on any atom is -0.379 e. The lowest BCUT2D eigenvalue weighted by Crippen LogP contribution is -2.35. The number of hydrogen-bond acceptors (Lipinski definition) is 6. The van der Waals surface area contributed by atoms with Gasteiger partial charge in [-0.05, 0) is 17.7 Å². The molecule has 1 fully saturated rings. The molecule has 0 radical (unpaired) electrons. The number of carbonyl (C=O) groups is 1. The van der Waals surface area contributed by atoms with Gasteiger partial charge >= 0.3 is 0 Å². The van der Waals surface area contributed by atoms with Crippen LogP contribution in [0.2, 0.25) is 0 Å². The quantitative estimate of drug-likeness (QED) is 0.700. The number of ether oxygens (including phenoxy) is 1. The van der Waals surface area contributed by atoms with Crippen LogP contribution in [0.5, 0.6) is 0 Å². The summed E-state index contributed by atoms with van der Waals surface area (Å²) in [5.74, 6) is -0.142. The van der Waals surface area contributed by atoms with Crippen LogP contribution in [-0.4, -0.2) is 48.6 Å². The Morgan fingerprint density at radius 3 is 2.52 bits per heavy atom. The highest BCUT2D eigenvalue weighted by Crippen LogP contribution is 2.11. The highest BCUT2D eigenvalue weighted by atomic mass is 35.5. The average Bonchev–Trinajstić information content (AvgIpc) is 3.11. The first kappa shape index (κ1) is 23.8. The maximum absolute atomic E-state index is 12.1. The van der Waals surface area contributed by atoms with Crippen molar-refractivity contribution in [1.82, 2.24) is 15.2 Å². The van der Waals surface area contributed by atoms with Crippen LogP contribution in [0.3, 0.4) is 0 Å². The van der Waals surface area contributed by atoms with Crippen LogP contribution in [0.1, 0.15) is 26.6 Å². The van der Waals surface area contributed by atoms with Crippen molar-refractivity contribution >= 4 is 42.1 Å². The van der Waals surface area contributed by atoms with Crippen LogP contribution in [-0.2, 0) is 24.2 Å². The molecule has 27 heavy (non-hydrogen) atoms. The molecule has 0 spiro atoms. The number of benzene rings is 1. The highest BCUT2D eigenvalue weighted by Gasteiger charge is 2.12. The summed E-state index contributed by atoms with van der Waals surface area (Å²) >= 11 is 1.48. The number of aromatic nitrogens is 1. The van der Waals surface area contributed by atoms with Crippen molar-refractivity contribution in [2.45, 2.75) is 19.5 Å². The van der Waals surface area contributed by atoms with Gasteiger partial charge < -0.3 is 15.8 Å². The van der Waals surface area contributed by atoms with Gasteiger partial charge in [-0.3, -0.25) is 9.69 Å². The molecule has 0 bridgehead atoms. The zero-order valence-corrected chi connectivity index (χ0v) is 17.5. The zero-order chi connectivity index (χ0) is 17.5. The van der Waals surface area contributed by atoms with E-state index in [1.165, 1.54) is 16.9 Å². The summed E-state index contributed by atoms with van der Waals surface area (Å²) in [7, 11) is 0. The molecule has 0 unspecified atom stereocenters. The minimum absolute atomic E-state index is 0. The SMILES string of the molecule is Cl.Cl.NCCc1nc(C(=O)NCc2ccc(CN3CCOCC3)cc2)cs1. The summed E-state index contributed by atoms with van der Waals surface area (Å²) in [4.78, 5) is 18.8. The Hall–Kier alpha value is -1.22. The number of halogens is 2.